The largest absolute Gasteiger partial charge is 0.454 e. The van der Waals surface area contributed by atoms with Gasteiger partial charge in [-0.25, -0.2) is 8.78 Å². The number of hydrogen-bond acceptors (Lipinski definition) is 10. The van der Waals surface area contributed by atoms with E-state index in [0.717, 1.165) is 51.2 Å². The Hall–Kier alpha value is -12.7. The van der Waals surface area contributed by atoms with Gasteiger partial charge in [-0.05, 0) is 148 Å². The topological polar surface area (TPSA) is 198 Å². The SMILES string of the molecule is CC(=O)O[C@@H](c1ccccc1)C(C)(O)c1ccccc1.CC(C)c1c(C(=O)Nc2ccccc2)c(-c2ccccc2)c(-c2ccc(F)cc2)n1CCC=O.CC(C)c1c(C(=O)Nc2ccccc2)c(-c2ccccc2)c(-c2ccc(F)cc2)n1CC[C@@H](O)CC(=O)OC(c1ccccc1)C(O)(c1ccccc1)c1ccccc1. The van der Waals surface area contributed by atoms with Crippen molar-refractivity contribution in [1.82, 2.24) is 9.13 Å². The van der Waals surface area contributed by atoms with Gasteiger partial charge in [0.05, 0.1) is 35.0 Å². The smallest absolute Gasteiger partial charge is 0.309 e. The monoisotopic (exact) mass is 1510 g/mol. The van der Waals surface area contributed by atoms with Crippen LogP contribution in [0.1, 0.15) is 145 Å². The van der Waals surface area contributed by atoms with E-state index in [9.17, 15) is 48.1 Å². The molecule has 2 unspecified atom stereocenters. The van der Waals surface area contributed by atoms with Crippen molar-refractivity contribution in [2.24, 2.45) is 0 Å². The van der Waals surface area contributed by atoms with Crippen LogP contribution in [-0.4, -0.2) is 60.6 Å². The lowest BCUT2D eigenvalue weighted by molar-refractivity contribution is -0.165. The molecular formula is C97H92F2N4O10. The molecule has 0 aliphatic rings. The molecule has 0 bridgehead atoms. The molecule has 11 aromatic carbocycles. The lowest BCUT2D eigenvalue weighted by atomic mass is 9.79. The van der Waals surface area contributed by atoms with E-state index >= 15 is 0 Å². The lowest BCUT2D eigenvalue weighted by Gasteiger charge is -2.37. The van der Waals surface area contributed by atoms with Crippen LogP contribution in [-0.2, 0) is 48.1 Å². The number of hydrogen-bond donors (Lipinski definition) is 5. The number of nitrogens with zero attached hydrogens (tertiary/aromatic N) is 2. The predicted octanol–water partition coefficient (Wildman–Crippen LogP) is 20.8. The molecule has 0 saturated carbocycles. The zero-order valence-electron chi connectivity index (χ0n) is 63.9. The summed E-state index contributed by atoms with van der Waals surface area (Å²) < 4.78 is 43.8. The van der Waals surface area contributed by atoms with Gasteiger partial charge in [0.1, 0.15) is 23.5 Å². The molecule has 0 aliphatic heterocycles. The zero-order valence-corrected chi connectivity index (χ0v) is 63.9. The second kappa shape index (κ2) is 38.3. The third-order valence-electron chi connectivity index (χ3n) is 19.6. The van der Waals surface area contributed by atoms with Crippen molar-refractivity contribution >= 4 is 41.4 Å². The van der Waals surface area contributed by atoms with Gasteiger partial charge >= 0.3 is 11.9 Å². The highest BCUT2D eigenvalue weighted by Gasteiger charge is 2.45. The maximum absolute atomic E-state index is 14.5. The summed E-state index contributed by atoms with van der Waals surface area (Å²) in [6.45, 7) is 11.7. The van der Waals surface area contributed by atoms with Crippen molar-refractivity contribution in [3.05, 3.63) is 383 Å². The molecule has 2 aromatic heterocycles. The number of amides is 2. The summed E-state index contributed by atoms with van der Waals surface area (Å²) in [5.74, 6) is -2.53. The van der Waals surface area contributed by atoms with Gasteiger partial charge in [0, 0.05) is 60.3 Å². The third kappa shape index (κ3) is 19.7. The molecule has 2 amide bonds. The first-order chi connectivity index (χ1) is 54.7. The second-order valence-corrected chi connectivity index (χ2v) is 28.3. The van der Waals surface area contributed by atoms with Crippen LogP contribution >= 0.6 is 0 Å². The first-order valence-electron chi connectivity index (χ1n) is 37.8. The maximum Gasteiger partial charge on any atom is 0.309 e. The maximum atomic E-state index is 14.5. The summed E-state index contributed by atoms with van der Waals surface area (Å²) in [6, 6.07) is 96.1. The first-order valence-corrected chi connectivity index (χ1v) is 37.8. The number of aliphatic hydroxyl groups is 3. The number of rotatable bonds is 27. The average Bonchev–Trinajstić information content (AvgIpc) is 1.56. The summed E-state index contributed by atoms with van der Waals surface area (Å²) in [6.07, 6.45) is -2.13. The fraction of sp³-hybridized carbons (Fsp3) is 0.186. The Kier molecular flexibility index (Phi) is 27.5. The number of nitrogens with one attached hydrogen (secondary N) is 2. The first kappa shape index (κ1) is 81.3. The highest BCUT2D eigenvalue weighted by molar-refractivity contribution is 6.13. The summed E-state index contributed by atoms with van der Waals surface area (Å²) in [5.41, 5.74) is 10.1. The van der Waals surface area contributed by atoms with E-state index in [1.54, 1.807) is 67.6 Å². The van der Waals surface area contributed by atoms with E-state index in [2.05, 4.69) is 15.2 Å². The van der Waals surface area contributed by atoms with Gasteiger partial charge in [0.25, 0.3) is 11.8 Å². The van der Waals surface area contributed by atoms with Gasteiger partial charge in [-0.2, -0.15) is 0 Å². The number of aldehydes is 1. The Bertz CT molecular complexity index is 5210. The Balaban J connectivity index is 0.000000195. The van der Waals surface area contributed by atoms with E-state index in [1.807, 2.05) is 269 Å². The highest BCUT2D eigenvalue weighted by atomic mass is 19.1. The van der Waals surface area contributed by atoms with Crippen molar-refractivity contribution in [2.75, 3.05) is 10.6 Å². The summed E-state index contributed by atoms with van der Waals surface area (Å²) >= 11 is 0. The molecule has 5 N–H and O–H groups in total. The van der Waals surface area contributed by atoms with Gasteiger partial charge < -0.3 is 49.4 Å². The number of anilines is 2. The lowest BCUT2D eigenvalue weighted by Crippen LogP contribution is -2.38. The van der Waals surface area contributed by atoms with Crippen LogP contribution in [0.4, 0.5) is 20.2 Å². The Morgan fingerprint density at radius 1 is 0.434 bits per heavy atom. The molecule has 13 rings (SSSR count). The normalized spacial score (nSPS) is 12.5. The quantitative estimate of drug-likeness (QED) is 0.0244. The van der Waals surface area contributed by atoms with E-state index < -0.39 is 47.3 Å². The van der Waals surface area contributed by atoms with Crippen LogP contribution in [0.3, 0.4) is 0 Å². The predicted molar refractivity (Wildman–Crippen MR) is 442 cm³/mol. The van der Waals surface area contributed by atoms with Crippen LogP contribution in [0.15, 0.2) is 322 Å². The molecule has 4 atom stereocenters. The number of para-hydroxylation sites is 2. The number of carbonyl (C=O) groups excluding carboxylic acids is 5. The van der Waals surface area contributed by atoms with Gasteiger partial charge in [0.2, 0.25) is 0 Å². The average molecular weight is 1510 g/mol. The van der Waals surface area contributed by atoms with Gasteiger partial charge in [-0.1, -0.05) is 276 Å². The summed E-state index contributed by atoms with van der Waals surface area (Å²) in [7, 11) is 0. The van der Waals surface area contributed by atoms with Crippen molar-refractivity contribution in [1.29, 1.82) is 0 Å². The van der Waals surface area contributed by atoms with Crippen LogP contribution in [0.5, 0.6) is 0 Å². The molecule has 574 valence electrons. The molecule has 13 aromatic rings. The van der Waals surface area contributed by atoms with Crippen LogP contribution < -0.4 is 10.6 Å². The van der Waals surface area contributed by atoms with Crippen molar-refractivity contribution in [3.8, 4) is 44.8 Å². The number of aliphatic hydroxyl groups excluding tert-OH is 1. The van der Waals surface area contributed by atoms with Crippen LogP contribution in [0.2, 0.25) is 0 Å². The Morgan fingerprint density at radius 3 is 1.13 bits per heavy atom. The molecule has 113 heavy (non-hydrogen) atoms. The van der Waals surface area contributed by atoms with E-state index in [1.165, 1.54) is 31.2 Å². The molecule has 14 nitrogen and oxygen atoms in total. The standard InChI is InChI=1S/C51H47FN2O5.C29H27FN2O2.C17H18O3/c1-35(2)47-46(50(57)53-42-26-16-7-17-27-42)45(36-18-8-3-9-19-36)48(37-28-30-41(52)31-29-37)54(47)33-32-43(55)34-44(56)59-49(38-20-10-4-11-21-38)51(58,39-22-12-5-13-23-39)40-24-14-6-15-25-40;1-20(2)27-26(29(34)31-24-12-7-4-8-13-24)25(21-10-5-3-6-11-21)28(32(27)18-9-19-33)22-14-16-23(30)17-15-22;1-13(18)20-16(14-9-5-3-6-10-14)17(2,19)15-11-7-4-8-12-15/h3-31,35,43,49,55,58H,32-34H2,1-2H3,(H,53,57);3-8,10-17,19-20H,9,18H2,1-2H3,(H,31,34);3-12,16,19H,1-2H3/t43-,49?;;16-,17?/m1.0/s1. The second-order valence-electron chi connectivity index (χ2n) is 28.3. The molecule has 2 heterocycles. The minimum Gasteiger partial charge on any atom is -0.454 e. The highest BCUT2D eigenvalue weighted by Crippen LogP contribution is 2.47. The molecule has 0 fully saturated rings. The van der Waals surface area contributed by atoms with Gasteiger partial charge in [-0.3, -0.25) is 19.2 Å². The fourth-order valence-electron chi connectivity index (χ4n) is 14.5. The number of esters is 2. The van der Waals surface area contributed by atoms with E-state index in [0.29, 0.717) is 74.5 Å². The van der Waals surface area contributed by atoms with Gasteiger partial charge in [0.15, 0.2) is 17.8 Å². The van der Waals surface area contributed by atoms with Crippen LogP contribution in [0, 0.1) is 11.6 Å². The Labute approximate surface area is 658 Å². The number of ether oxygens (including phenoxy) is 2. The number of carbonyl (C=O) groups is 5. The van der Waals surface area contributed by atoms with Gasteiger partial charge in [-0.15, -0.1) is 0 Å². The van der Waals surface area contributed by atoms with E-state index in [-0.39, 0.29) is 48.9 Å². The summed E-state index contributed by atoms with van der Waals surface area (Å²) in [5, 5.41) is 41.3. The third-order valence-corrected chi connectivity index (χ3v) is 19.6. The summed E-state index contributed by atoms with van der Waals surface area (Å²) in [4.78, 5) is 65.0. The van der Waals surface area contributed by atoms with E-state index in [4.69, 9.17) is 9.47 Å². The molecule has 0 aliphatic carbocycles. The minimum absolute atomic E-state index is 0.000152. The minimum atomic E-state index is -1.77. The number of halogens is 2. The van der Waals surface area contributed by atoms with Crippen molar-refractivity contribution < 1.29 is 57.5 Å². The zero-order chi connectivity index (χ0) is 80.0. The van der Waals surface area contributed by atoms with Crippen molar-refractivity contribution in [3.63, 3.8) is 0 Å². The molecule has 16 heteroatoms. The molecule has 0 spiro atoms. The molecule has 0 radical (unpaired) electrons. The van der Waals surface area contributed by atoms with Crippen molar-refractivity contribution in [2.45, 2.75) is 115 Å². The Morgan fingerprint density at radius 2 is 0.770 bits per heavy atom. The van der Waals surface area contributed by atoms with Crippen LogP contribution in [0.25, 0.3) is 44.8 Å². The fourth-order valence-corrected chi connectivity index (χ4v) is 14.5. The molecular weight excluding hydrogens is 1420 g/mol. The molecule has 0 saturated heterocycles. The number of benzene rings is 11. The number of aromatic nitrogens is 2.